The maximum absolute atomic E-state index is 12.5. The molecule has 0 bridgehead atoms. The molecule has 0 saturated carbocycles. The van der Waals surface area contributed by atoms with Crippen LogP contribution in [0.15, 0.2) is 54.6 Å². The quantitative estimate of drug-likeness (QED) is 0.861. The summed E-state index contributed by atoms with van der Waals surface area (Å²) in [6.07, 6.45) is 1.06. The average molecular weight is 341 g/mol. The molecule has 4 nitrogen and oxygen atoms in total. The molecule has 24 heavy (non-hydrogen) atoms. The number of amides is 1. The molecule has 2 aromatic carbocycles. The number of para-hydroxylation sites is 1. The minimum absolute atomic E-state index is 0.0420. The third-order valence-electron chi connectivity index (χ3n) is 4.96. The van der Waals surface area contributed by atoms with Crippen molar-refractivity contribution in [1.29, 1.82) is 0 Å². The van der Waals surface area contributed by atoms with Crippen LogP contribution in [0, 0.1) is 5.92 Å². The van der Waals surface area contributed by atoms with Crippen LogP contribution in [0.1, 0.15) is 17.5 Å². The first-order valence-corrected chi connectivity index (χ1v) is 10.00. The van der Waals surface area contributed by atoms with Crippen molar-refractivity contribution in [3.63, 3.8) is 0 Å². The molecule has 2 aliphatic heterocycles. The van der Waals surface area contributed by atoms with Crippen LogP contribution in [0.3, 0.4) is 0 Å². The molecule has 124 valence electrons. The highest BCUT2D eigenvalue weighted by Gasteiger charge is 2.49. The van der Waals surface area contributed by atoms with Gasteiger partial charge in [-0.1, -0.05) is 48.5 Å². The topological polar surface area (TPSA) is 54.5 Å². The Balaban J connectivity index is 1.70. The molecule has 2 unspecified atom stereocenters. The molecular weight excluding hydrogens is 322 g/mol. The van der Waals surface area contributed by atoms with Crippen molar-refractivity contribution in [1.82, 2.24) is 0 Å². The van der Waals surface area contributed by atoms with Gasteiger partial charge >= 0.3 is 0 Å². The van der Waals surface area contributed by atoms with Crippen LogP contribution in [-0.2, 0) is 21.1 Å². The van der Waals surface area contributed by atoms with E-state index in [1.165, 1.54) is 5.56 Å². The fourth-order valence-electron chi connectivity index (χ4n) is 3.91. The lowest BCUT2D eigenvalue weighted by Gasteiger charge is -2.26. The molecule has 1 amide bonds. The minimum atomic E-state index is -3.04. The summed E-state index contributed by atoms with van der Waals surface area (Å²) in [5.41, 5.74) is 3.09. The van der Waals surface area contributed by atoms with E-state index in [1.54, 1.807) is 4.90 Å². The van der Waals surface area contributed by atoms with Crippen molar-refractivity contribution in [2.75, 3.05) is 16.4 Å². The molecule has 0 radical (unpaired) electrons. The molecular formula is C19H19NO3S. The number of nitrogens with zero attached hydrogens (tertiary/aromatic N) is 1. The van der Waals surface area contributed by atoms with Gasteiger partial charge in [-0.15, -0.1) is 0 Å². The van der Waals surface area contributed by atoms with Gasteiger partial charge in [-0.3, -0.25) is 4.79 Å². The fourth-order valence-corrected chi connectivity index (χ4v) is 5.98. The number of fused-ring (bicyclic) bond motifs is 1. The highest BCUT2D eigenvalue weighted by atomic mass is 32.2. The Morgan fingerprint density at radius 3 is 2.46 bits per heavy atom. The Morgan fingerprint density at radius 2 is 1.67 bits per heavy atom. The Labute approximate surface area is 142 Å². The molecule has 4 rings (SSSR count). The molecule has 2 fully saturated rings. The van der Waals surface area contributed by atoms with Crippen LogP contribution < -0.4 is 4.90 Å². The van der Waals surface area contributed by atoms with E-state index in [4.69, 9.17) is 0 Å². The predicted octanol–water partition coefficient (Wildman–Crippen LogP) is 2.43. The van der Waals surface area contributed by atoms with Crippen molar-refractivity contribution in [2.45, 2.75) is 18.9 Å². The van der Waals surface area contributed by atoms with E-state index in [2.05, 4.69) is 12.1 Å². The van der Waals surface area contributed by atoms with Gasteiger partial charge in [0.1, 0.15) is 0 Å². The van der Waals surface area contributed by atoms with Crippen molar-refractivity contribution < 1.29 is 13.2 Å². The molecule has 2 atom stereocenters. The monoisotopic (exact) mass is 341 g/mol. The van der Waals surface area contributed by atoms with Crippen LogP contribution >= 0.6 is 0 Å². The van der Waals surface area contributed by atoms with Crippen LogP contribution in [0.25, 0.3) is 0 Å². The summed E-state index contributed by atoms with van der Waals surface area (Å²) in [6.45, 7) is 0. The fraction of sp³-hybridized carbons (Fsp3) is 0.316. The first-order valence-electron chi connectivity index (χ1n) is 8.18. The van der Waals surface area contributed by atoms with Gasteiger partial charge in [0, 0.05) is 18.0 Å². The van der Waals surface area contributed by atoms with Gasteiger partial charge in [-0.2, -0.15) is 0 Å². The number of hydrogen-bond acceptors (Lipinski definition) is 3. The normalized spacial score (nSPS) is 25.0. The van der Waals surface area contributed by atoms with Crippen molar-refractivity contribution in [3.05, 3.63) is 65.7 Å². The smallest absolute Gasteiger partial charge is 0.227 e. The number of sulfone groups is 1. The zero-order chi connectivity index (χ0) is 16.7. The second-order valence-corrected chi connectivity index (χ2v) is 8.82. The van der Waals surface area contributed by atoms with Crippen LogP contribution in [0.4, 0.5) is 5.69 Å². The Kier molecular flexibility index (Phi) is 3.68. The predicted molar refractivity (Wildman–Crippen MR) is 93.7 cm³/mol. The Bertz CT molecular complexity index is 876. The van der Waals surface area contributed by atoms with Gasteiger partial charge in [-0.05, 0) is 23.6 Å². The Hall–Kier alpha value is -2.14. The maximum atomic E-state index is 12.5. The van der Waals surface area contributed by atoms with E-state index in [0.717, 1.165) is 17.7 Å². The molecule has 0 aliphatic carbocycles. The third-order valence-corrected chi connectivity index (χ3v) is 6.75. The number of carbonyl (C=O) groups is 1. The second-order valence-electron chi connectivity index (χ2n) is 6.66. The number of rotatable bonds is 3. The summed E-state index contributed by atoms with van der Waals surface area (Å²) >= 11 is 0. The molecule has 2 aromatic rings. The lowest BCUT2D eigenvalue weighted by molar-refractivity contribution is -0.117. The van der Waals surface area contributed by atoms with E-state index in [9.17, 15) is 13.2 Å². The molecule has 2 saturated heterocycles. The molecule has 5 heteroatoms. The van der Waals surface area contributed by atoms with E-state index in [1.807, 2.05) is 42.5 Å². The first kappa shape index (κ1) is 15.4. The van der Waals surface area contributed by atoms with Crippen molar-refractivity contribution in [2.24, 2.45) is 5.92 Å². The second kappa shape index (κ2) is 5.74. The zero-order valence-corrected chi connectivity index (χ0v) is 14.1. The van der Waals surface area contributed by atoms with Gasteiger partial charge < -0.3 is 4.90 Å². The SMILES string of the molecule is O=C1CC2CS(=O)(=O)CC2N1c1ccccc1Cc1ccccc1. The summed E-state index contributed by atoms with van der Waals surface area (Å²) in [4.78, 5) is 14.3. The number of carbonyl (C=O) groups excluding carboxylic acids is 1. The van der Waals surface area contributed by atoms with E-state index < -0.39 is 9.84 Å². The molecule has 0 N–H and O–H groups in total. The highest BCUT2D eigenvalue weighted by Crippen LogP contribution is 2.38. The zero-order valence-electron chi connectivity index (χ0n) is 13.3. The summed E-state index contributed by atoms with van der Waals surface area (Å²) in [6, 6.07) is 17.7. The van der Waals surface area contributed by atoms with E-state index in [-0.39, 0.29) is 29.4 Å². The van der Waals surface area contributed by atoms with Crippen LogP contribution in [0.2, 0.25) is 0 Å². The van der Waals surface area contributed by atoms with Crippen LogP contribution in [-0.4, -0.2) is 31.9 Å². The minimum Gasteiger partial charge on any atom is -0.308 e. The van der Waals surface area contributed by atoms with E-state index >= 15 is 0 Å². The first-order chi connectivity index (χ1) is 11.5. The van der Waals surface area contributed by atoms with Crippen LogP contribution in [0.5, 0.6) is 0 Å². The maximum Gasteiger partial charge on any atom is 0.227 e. The number of hydrogen-bond donors (Lipinski definition) is 0. The Morgan fingerprint density at radius 1 is 0.958 bits per heavy atom. The summed E-state index contributed by atoms with van der Waals surface area (Å²) in [5.74, 6) is 0.205. The van der Waals surface area contributed by atoms with Gasteiger partial charge in [0.2, 0.25) is 5.91 Å². The van der Waals surface area contributed by atoms with Gasteiger partial charge in [0.25, 0.3) is 0 Å². The third kappa shape index (κ3) is 2.73. The van der Waals surface area contributed by atoms with Gasteiger partial charge in [0.05, 0.1) is 17.5 Å². The molecule has 2 aliphatic rings. The summed E-state index contributed by atoms with van der Waals surface area (Å²) < 4.78 is 23.9. The van der Waals surface area contributed by atoms with Crippen molar-refractivity contribution >= 4 is 21.4 Å². The molecule has 0 spiro atoms. The lowest BCUT2D eigenvalue weighted by Crippen LogP contribution is -2.36. The van der Waals surface area contributed by atoms with Gasteiger partial charge in [-0.25, -0.2) is 8.42 Å². The average Bonchev–Trinajstić information content (AvgIpc) is 2.99. The highest BCUT2D eigenvalue weighted by molar-refractivity contribution is 7.91. The molecule has 0 aromatic heterocycles. The lowest BCUT2D eigenvalue weighted by atomic mass is 10.0. The number of benzene rings is 2. The largest absolute Gasteiger partial charge is 0.308 e. The number of anilines is 1. The van der Waals surface area contributed by atoms with Crippen molar-refractivity contribution in [3.8, 4) is 0 Å². The summed E-state index contributed by atoms with van der Waals surface area (Å²) in [7, 11) is -3.04. The van der Waals surface area contributed by atoms with Gasteiger partial charge in [0.15, 0.2) is 9.84 Å². The summed E-state index contributed by atoms with van der Waals surface area (Å²) in [5, 5.41) is 0. The van der Waals surface area contributed by atoms with E-state index in [0.29, 0.717) is 6.42 Å². The standard InChI is InChI=1S/C19H19NO3S/c21-19-11-16-12-24(22,23)13-18(16)20(19)17-9-5-4-8-15(17)10-14-6-2-1-3-7-14/h1-9,16,18H,10-13H2. The molecule has 2 heterocycles.